The highest BCUT2D eigenvalue weighted by Crippen LogP contribution is 2.35. The van der Waals surface area contributed by atoms with Crippen molar-refractivity contribution in [2.45, 2.75) is 44.2 Å². The zero-order valence-corrected chi connectivity index (χ0v) is 15.4. The lowest BCUT2D eigenvalue weighted by Crippen LogP contribution is -2.23. The fraction of sp³-hybridized carbons (Fsp3) is 0.389. The number of aromatic nitrogens is 1. The first-order valence-electron chi connectivity index (χ1n) is 8.44. The minimum atomic E-state index is -1.00. The molecule has 0 saturated heterocycles. The lowest BCUT2D eigenvalue weighted by atomic mass is 10.2. The van der Waals surface area contributed by atoms with Gasteiger partial charge in [-0.3, -0.25) is 9.52 Å². The van der Waals surface area contributed by atoms with E-state index in [-0.39, 0.29) is 24.2 Å². The zero-order chi connectivity index (χ0) is 18.8. The van der Waals surface area contributed by atoms with Gasteiger partial charge in [0.15, 0.2) is 11.6 Å². The normalized spacial score (nSPS) is 14.3. The van der Waals surface area contributed by atoms with Gasteiger partial charge in [-0.2, -0.15) is 0 Å². The summed E-state index contributed by atoms with van der Waals surface area (Å²) in [5, 5.41) is 11.8. The summed E-state index contributed by atoms with van der Waals surface area (Å²) in [4.78, 5) is 13.8. The molecule has 0 saturated carbocycles. The second-order valence-electron chi connectivity index (χ2n) is 6.39. The first-order valence-corrected chi connectivity index (χ1v) is 9.25. The summed E-state index contributed by atoms with van der Waals surface area (Å²) in [7, 11) is 0. The maximum absolute atomic E-state index is 13.4. The van der Waals surface area contributed by atoms with Gasteiger partial charge in [-0.05, 0) is 56.3 Å². The molecule has 1 unspecified atom stereocenters. The highest BCUT2D eigenvalue weighted by Gasteiger charge is 2.28. The summed E-state index contributed by atoms with van der Waals surface area (Å²) in [6.07, 6.45) is 1.82. The van der Waals surface area contributed by atoms with Crippen LogP contribution in [0.4, 0.5) is 14.5 Å². The van der Waals surface area contributed by atoms with Crippen LogP contribution < -0.4 is 10.0 Å². The van der Waals surface area contributed by atoms with Crippen LogP contribution in [0.25, 0.3) is 0 Å². The monoisotopic (exact) mass is 381 g/mol. The van der Waals surface area contributed by atoms with Crippen LogP contribution in [-0.4, -0.2) is 28.2 Å². The number of hydrogen-bond donors (Lipinski definition) is 3. The van der Waals surface area contributed by atoms with Crippen molar-refractivity contribution >= 4 is 23.5 Å². The number of aliphatic hydroxyl groups is 1. The summed E-state index contributed by atoms with van der Waals surface area (Å²) in [5.74, 6) is -2.30. The van der Waals surface area contributed by atoms with Gasteiger partial charge in [0.25, 0.3) is 5.91 Å². The fourth-order valence-electron chi connectivity index (χ4n) is 3.07. The van der Waals surface area contributed by atoms with Crippen LogP contribution in [0.3, 0.4) is 0 Å². The van der Waals surface area contributed by atoms with E-state index in [9.17, 15) is 18.7 Å². The molecule has 1 amide bonds. The van der Waals surface area contributed by atoms with Gasteiger partial charge < -0.3 is 15.0 Å². The van der Waals surface area contributed by atoms with Crippen LogP contribution in [0.5, 0.6) is 0 Å². The molecule has 1 atom stereocenters. The molecule has 0 bridgehead atoms. The zero-order valence-electron chi connectivity index (χ0n) is 14.6. The molecule has 1 aliphatic heterocycles. The molecular formula is C18H21F2N3O2S. The van der Waals surface area contributed by atoms with E-state index in [1.54, 1.807) is 0 Å². The predicted molar refractivity (Wildman–Crippen MR) is 97.3 cm³/mol. The topological polar surface area (TPSA) is 66.3 Å². The van der Waals surface area contributed by atoms with Crippen LogP contribution in [0.15, 0.2) is 23.1 Å². The second-order valence-corrected chi connectivity index (χ2v) is 7.24. The van der Waals surface area contributed by atoms with Gasteiger partial charge in [0.1, 0.15) is 5.69 Å². The Morgan fingerprint density at radius 3 is 2.85 bits per heavy atom. The minimum Gasteiger partial charge on any atom is -0.395 e. The van der Waals surface area contributed by atoms with Crippen molar-refractivity contribution in [3.8, 4) is 0 Å². The number of nitrogens with one attached hydrogen (secondary N) is 2. The molecule has 1 aliphatic rings. The highest BCUT2D eigenvalue weighted by atomic mass is 32.2. The molecule has 26 heavy (non-hydrogen) atoms. The number of anilines is 1. The summed E-state index contributed by atoms with van der Waals surface area (Å²) in [6, 6.07) is 3.22. The summed E-state index contributed by atoms with van der Waals surface area (Å²) in [6.45, 7) is 4.51. The Kier molecular flexibility index (Phi) is 5.64. The van der Waals surface area contributed by atoms with Gasteiger partial charge in [0.05, 0.1) is 6.61 Å². The Labute approximate surface area is 154 Å². The molecular weight excluding hydrogens is 360 g/mol. The standard InChI is InChI=1S/C18H21F2N3O2S/c1-10(9-24)22-26-17-11(2)16(23-7-3-4-15(17)23)18(25)21-12-5-6-13(19)14(20)8-12/h5-6,8,10,22,24H,3-4,7,9H2,1-2H3,(H,21,25). The van der Waals surface area contributed by atoms with Gasteiger partial charge in [-0.25, -0.2) is 8.78 Å². The number of aliphatic hydroxyl groups excluding tert-OH is 1. The highest BCUT2D eigenvalue weighted by molar-refractivity contribution is 7.97. The van der Waals surface area contributed by atoms with Gasteiger partial charge in [-0.15, -0.1) is 0 Å². The van der Waals surface area contributed by atoms with Gasteiger partial charge in [-0.1, -0.05) is 0 Å². The Hall–Kier alpha value is -1.90. The third-order valence-electron chi connectivity index (χ3n) is 4.38. The van der Waals surface area contributed by atoms with Crippen LogP contribution in [0.2, 0.25) is 0 Å². The average Bonchev–Trinajstić information content (AvgIpc) is 3.16. The first-order chi connectivity index (χ1) is 12.4. The van der Waals surface area contributed by atoms with Gasteiger partial charge in [0.2, 0.25) is 0 Å². The largest absolute Gasteiger partial charge is 0.395 e. The lowest BCUT2D eigenvalue weighted by molar-refractivity contribution is 0.101. The molecule has 5 nitrogen and oxygen atoms in total. The molecule has 0 radical (unpaired) electrons. The van der Waals surface area contributed by atoms with Crippen LogP contribution in [-0.2, 0) is 13.0 Å². The molecule has 8 heteroatoms. The van der Waals surface area contributed by atoms with Gasteiger partial charge in [0, 0.05) is 34.9 Å². The maximum Gasteiger partial charge on any atom is 0.272 e. The number of halogens is 2. The second kappa shape index (κ2) is 7.77. The van der Waals surface area contributed by atoms with E-state index in [0.29, 0.717) is 5.69 Å². The van der Waals surface area contributed by atoms with E-state index >= 15 is 0 Å². The number of carbonyl (C=O) groups is 1. The van der Waals surface area contributed by atoms with Crippen molar-refractivity contribution in [2.75, 3.05) is 11.9 Å². The molecule has 3 N–H and O–H groups in total. The van der Waals surface area contributed by atoms with Crippen molar-refractivity contribution in [3.05, 3.63) is 46.8 Å². The van der Waals surface area contributed by atoms with Crippen molar-refractivity contribution in [1.29, 1.82) is 0 Å². The average molecular weight is 381 g/mol. The quantitative estimate of drug-likeness (QED) is 0.672. The Morgan fingerprint density at radius 2 is 2.15 bits per heavy atom. The van der Waals surface area contributed by atoms with E-state index in [1.807, 2.05) is 18.4 Å². The van der Waals surface area contributed by atoms with Gasteiger partial charge >= 0.3 is 0 Å². The molecule has 1 aromatic heterocycles. The van der Waals surface area contributed by atoms with E-state index in [1.165, 1.54) is 18.0 Å². The van der Waals surface area contributed by atoms with Crippen LogP contribution in [0.1, 0.15) is 35.1 Å². The molecule has 0 aliphatic carbocycles. The SMILES string of the molecule is Cc1c(SNC(C)CO)c2n(c1C(=O)Nc1ccc(F)c(F)c1)CCC2. The number of fused-ring (bicyclic) bond motifs is 1. The number of nitrogens with zero attached hydrogens (tertiary/aromatic N) is 1. The van der Waals surface area contributed by atoms with Crippen molar-refractivity contribution in [2.24, 2.45) is 0 Å². The fourth-order valence-corrected chi connectivity index (χ4v) is 4.05. The minimum absolute atomic E-state index is 0.0194. The third kappa shape index (κ3) is 3.62. The summed E-state index contributed by atoms with van der Waals surface area (Å²) in [5.41, 5.74) is 2.66. The maximum atomic E-state index is 13.4. The smallest absolute Gasteiger partial charge is 0.272 e. The van der Waals surface area contributed by atoms with Crippen LogP contribution in [0, 0.1) is 18.6 Å². The molecule has 140 valence electrons. The third-order valence-corrected chi connectivity index (χ3v) is 5.64. The number of amides is 1. The summed E-state index contributed by atoms with van der Waals surface area (Å²) < 4.78 is 31.6. The Bertz CT molecular complexity index is 838. The first kappa shape index (κ1) is 18.9. The van der Waals surface area contributed by atoms with E-state index < -0.39 is 11.6 Å². The van der Waals surface area contributed by atoms with Crippen molar-refractivity contribution < 1.29 is 18.7 Å². The van der Waals surface area contributed by atoms with Crippen molar-refractivity contribution in [3.63, 3.8) is 0 Å². The number of benzene rings is 1. The lowest BCUT2D eigenvalue weighted by Gasteiger charge is -2.10. The molecule has 2 aromatic rings. The Balaban J connectivity index is 1.87. The molecule has 2 heterocycles. The summed E-state index contributed by atoms with van der Waals surface area (Å²) >= 11 is 1.41. The van der Waals surface area contributed by atoms with Crippen molar-refractivity contribution in [1.82, 2.24) is 9.29 Å². The predicted octanol–water partition coefficient (Wildman–Crippen LogP) is 3.25. The molecule has 0 spiro atoms. The van der Waals surface area contributed by atoms with Crippen LogP contribution >= 0.6 is 11.9 Å². The number of hydrogen-bond acceptors (Lipinski definition) is 4. The van der Waals surface area contributed by atoms with E-state index in [0.717, 1.165) is 47.7 Å². The van der Waals surface area contributed by atoms with E-state index in [2.05, 4.69) is 10.0 Å². The molecule has 0 fully saturated rings. The number of carbonyl (C=O) groups excluding carboxylic acids is 1. The molecule has 1 aromatic carbocycles. The Morgan fingerprint density at radius 1 is 1.38 bits per heavy atom. The number of rotatable bonds is 6. The van der Waals surface area contributed by atoms with E-state index in [4.69, 9.17) is 0 Å². The molecule has 3 rings (SSSR count).